The van der Waals surface area contributed by atoms with Crippen LogP contribution in [0.25, 0.3) is 0 Å². The summed E-state index contributed by atoms with van der Waals surface area (Å²) in [5.74, 6) is -0.298. The molecule has 0 unspecified atom stereocenters. The van der Waals surface area contributed by atoms with Gasteiger partial charge in [0, 0.05) is 18.8 Å². The highest BCUT2D eigenvalue weighted by Crippen LogP contribution is 2.24. The first-order chi connectivity index (χ1) is 8.32. The maximum absolute atomic E-state index is 13.2. The molecule has 0 saturated carbocycles. The first-order valence-corrected chi connectivity index (χ1v) is 6.57. The Kier molecular flexibility index (Phi) is 5.14. The Labute approximate surface area is 115 Å². The van der Waals surface area contributed by atoms with E-state index in [2.05, 4.69) is 21.2 Å². The van der Waals surface area contributed by atoms with Crippen LogP contribution in [-0.2, 0) is 4.79 Å². The van der Waals surface area contributed by atoms with Gasteiger partial charge in [-0.15, -0.1) is 0 Å². The van der Waals surface area contributed by atoms with Crippen molar-refractivity contribution in [2.45, 2.75) is 26.8 Å². The van der Waals surface area contributed by atoms with Crippen molar-refractivity contribution >= 4 is 27.5 Å². The van der Waals surface area contributed by atoms with E-state index in [0.717, 1.165) is 11.3 Å². The lowest BCUT2D eigenvalue weighted by atomic mass is 10.2. The van der Waals surface area contributed by atoms with Gasteiger partial charge in [-0.3, -0.25) is 4.79 Å². The van der Waals surface area contributed by atoms with E-state index in [1.54, 1.807) is 24.9 Å². The number of nitrogens with zero attached hydrogens (tertiary/aromatic N) is 1. The Balaban J connectivity index is 2.70. The zero-order valence-electron chi connectivity index (χ0n) is 11.1. The number of aryl methyl sites for hydroxylation is 1. The molecule has 5 heteroatoms. The zero-order chi connectivity index (χ0) is 13.9. The van der Waals surface area contributed by atoms with Crippen LogP contribution in [0.5, 0.6) is 0 Å². The maximum atomic E-state index is 13.2. The third-order valence-electron chi connectivity index (χ3n) is 2.87. The van der Waals surface area contributed by atoms with E-state index in [4.69, 9.17) is 0 Å². The smallest absolute Gasteiger partial charge is 0.241 e. The van der Waals surface area contributed by atoms with Gasteiger partial charge in [0.1, 0.15) is 5.82 Å². The first kappa shape index (κ1) is 15.0. The van der Waals surface area contributed by atoms with Gasteiger partial charge in [-0.05, 0) is 54.4 Å². The molecule has 1 aromatic carbocycles. The molecule has 0 atom stereocenters. The molecule has 1 aromatic rings. The molecule has 100 valence electrons. The fourth-order valence-corrected chi connectivity index (χ4v) is 1.76. The third kappa shape index (κ3) is 3.70. The van der Waals surface area contributed by atoms with E-state index in [1.807, 2.05) is 13.8 Å². The average molecular weight is 317 g/mol. The van der Waals surface area contributed by atoms with Crippen LogP contribution in [0.1, 0.15) is 19.4 Å². The number of amides is 1. The summed E-state index contributed by atoms with van der Waals surface area (Å²) < 4.78 is 13.6. The molecule has 0 aliphatic heterocycles. The Hall–Kier alpha value is -1.10. The second kappa shape index (κ2) is 6.18. The lowest BCUT2D eigenvalue weighted by Crippen LogP contribution is -2.37. The summed E-state index contributed by atoms with van der Waals surface area (Å²) in [6.45, 7) is 5.91. The molecule has 0 aliphatic carbocycles. The number of hydrogen-bond acceptors (Lipinski definition) is 2. The summed E-state index contributed by atoms with van der Waals surface area (Å²) in [4.78, 5) is 13.5. The van der Waals surface area contributed by atoms with Crippen molar-refractivity contribution in [3.63, 3.8) is 0 Å². The van der Waals surface area contributed by atoms with Crippen LogP contribution in [0.2, 0.25) is 0 Å². The summed E-state index contributed by atoms with van der Waals surface area (Å²) in [6.07, 6.45) is 0. The van der Waals surface area contributed by atoms with Gasteiger partial charge in [-0.25, -0.2) is 4.39 Å². The number of likely N-dealkylation sites (N-methyl/N-ethyl adjacent to an activating group) is 1. The van der Waals surface area contributed by atoms with Crippen LogP contribution in [0, 0.1) is 12.7 Å². The van der Waals surface area contributed by atoms with Crippen molar-refractivity contribution < 1.29 is 9.18 Å². The molecule has 0 spiro atoms. The van der Waals surface area contributed by atoms with Crippen LogP contribution in [0.4, 0.5) is 10.1 Å². The lowest BCUT2D eigenvalue weighted by Gasteiger charge is -2.22. The van der Waals surface area contributed by atoms with E-state index < -0.39 is 0 Å². The zero-order valence-corrected chi connectivity index (χ0v) is 12.6. The van der Waals surface area contributed by atoms with Gasteiger partial charge in [0.25, 0.3) is 0 Å². The largest absolute Gasteiger partial charge is 0.376 e. The summed E-state index contributed by atoms with van der Waals surface area (Å²) in [6, 6.07) is 3.25. The van der Waals surface area contributed by atoms with Gasteiger partial charge in [0.2, 0.25) is 5.91 Å². The highest BCUT2D eigenvalue weighted by atomic mass is 79.9. The number of benzene rings is 1. The van der Waals surface area contributed by atoms with Gasteiger partial charge >= 0.3 is 0 Å². The number of carbonyl (C=O) groups excluding carboxylic acids is 1. The summed E-state index contributed by atoms with van der Waals surface area (Å²) in [5, 5.41) is 3.03. The molecule has 0 aromatic heterocycles. The van der Waals surface area contributed by atoms with Gasteiger partial charge in [0.05, 0.1) is 11.0 Å². The van der Waals surface area contributed by atoms with Crippen molar-refractivity contribution in [1.29, 1.82) is 0 Å². The van der Waals surface area contributed by atoms with E-state index in [1.165, 1.54) is 6.07 Å². The van der Waals surface area contributed by atoms with Crippen molar-refractivity contribution in [3.8, 4) is 0 Å². The van der Waals surface area contributed by atoms with Crippen molar-refractivity contribution in [3.05, 3.63) is 28.0 Å². The van der Waals surface area contributed by atoms with Crippen molar-refractivity contribution in [2.75, 3.05) is 18.9 Å². The molecular formula is C13H18BrFN2O. The number of rotatable bonds is 4. The van der Waals surface area contributed by atoms with Crippen LogP contribution in [-0.4, -0.2) is 30.4 Å². The molecule has 1 amide bonds. The molecule has 0 aliphatic rings. The van der Waals surface area contributed by atoms with Crippen LogP contribution in [0.15, 0.2) is 16.6 Å². The van der Waals surface area contributed by atoms with Gasteiger partial charge in [-0.1, -0.05) is 0 Å². The van der Waals surface area contributed by atoms with E-state index in [-0.39, 0.29) is 24.3 Å². The standard InChI is InChI=1S/C13H18BrFN2O/c1-8(2)17(4)13(18)7-16-12-6-10(14)11(15)5-9(12)3/h5-6,8,16H,7H2,1-4H3. The molecule has 1 rings (SSSR count). The number of carbonyl (C=O) groups is 1. The van der Waals surface area contributed by atoms with Gasteiger partial charge in [-0.2, -0.15) is 0 Å². The predicted octanol–water partition coefficient (Wildman–Crippen LogP) is 3.18. The Morgan fingerprint density at radius 3 is 2.67 bits per heavy atom. The molecule has 0 radical (unpaired) electrons. The van der Waals surface area contributed by atoms with Crippen LogP contribution in [0.3, 0.4) is 0 Å². The second-order valence-electron chi connectivity index (χ2n) is 4.53. The van der Waals surface area contributed by atoms with Crippen molar-refractivity contribution in [1.82, 2.24) is 4.90 Å². The number of anilines is 1. The molecule has 0 fully saturated rings. The molecule has 1 N–H and O–H groups in total. The Morgan fingerprint density at radius 2 is 2.11 bits per heavy atom. The highest BCUT2D eigenvalue weighted by molar-refractivity contribution is 9.10. The normalized spacial score (nSPS) is 10.6. The minimum atomic E-state index is -0.302. The lowest BCUT2D eigenvalue weighted by molar-refractivity contribution is -0.129. The Bertz CT molecular complexity index is 449. The van der Waals surface area contributed by atoms with Gasteiger partial charge in [0.15, 0.2) is 0 Å². The van der Waals surface area contributed by atoms with Crippen molar-refractivity contribution in [2.24, 2.45) is 0 Å². The summed E-state index contributed by atoms with van der Waals surface area (Å²) in [5.41, 5.74) is 1.53. The van der Waals surface area contributed by atoms with Crippen LogP contribution < -0.4 is 5.32 Å². The number of nitrogens with one attached hydrogen (secondary N) is 1. The molecule has 3 nitrogen and oxygen atoms in total. The topological polar surface area (TPSA) is 32.3 Å². The predicted molar refractivity (Wildman–Crippen MR) is 75.2 cm³/mol. The molecular weight excluding hydrogens is 299 g/mol. The van der Waals surface area contributed by atoms with Crippen LogP contribution >= 0.6 is 15.9 Å². The molecule has 0 saturated heterocycles. The number of halogens is 2. The first-order valence-electron chi connectivity index (χ1n) is 5.78. The Morgan fingerprint density at radius 1 is 1.50 bits per heavy atom. The number of hydrogen-bond donors (Lipinski definition) is 1. The van der Waals surface area contributed by atoms with E-state index in [0.29, 0.717) is 4.47 Å². The fourth-order valence-electron chi connectivity index (χ4n) is 1.42. The average Bonchev–Trinajstić information content (AvgIpc) is 2.30. The molecule has 0 bridgehead atoms. The molecule has 0 heterocycles. The summed E-state index contributed by atoms with van der Waals surface area (Å²) in [7, 11) is 1.77. The quantitative estimate of drug-likeness (QED) is 0.925. The fraction of sp³-hybridized carbons (Fsp3) is 0.462. The minimum absolute atomic E-state index is 0.00449. The van der Waals surface area contributed by atoms with E-state index in [9.17, 15) is 9.18 Å². The van der Waals surface area contributed by atoms with Gasteiger partial charge < -0.3 is 10.2 Å². The second-order valence-corrected chi connectivity index (χ2v) is 5.39. The molecule has 18 heavy (non-hydrogen) atoms. The maximum Gasteiger partial charge on any atom is 0.241 e. The van der Waals surface area contributed by atoms with E-state index >= 15 is 0 Å². The summed E-state index contributed by atoms with van der Waals surface area (Å²) >= 11 is 3.13. The highest BCUT2D eigenvalue weighted by Gasteiger charge is 2.12. The third-order valence-corrected chi connectivity index (χ3v) is 3.47. The minimum Gasteiger partial charge on any atom is -0.376 e. The SMILES string of the molecule is Cc1cc(F)c(Br)cc1NCC(=O)N(C)C(C)C. The monoisotopic (exact) mass is 316 g/mol.